The van der Waals surface area contributed by atoms with Gasteiger partial charge in [0.2, 0.25) is 0 Å². The van der Waals surface area contributed by atoms with Crippen molar-refractivity contribution in [3.8, 4) is 11.1 Å². The third kappa shape index (κ3) is 3.51. The number of nitrogens with zero attached hydrogens (tertiary/aromatic N) is 6. The third-order valence-corrected chi connectivity index (χ3v) is 4.96. The van der Waals surface area contributed by atoms with Crippen LogP contribution in [0.5, 0.6) is 0 Å². The maximum atomic E-state index is 11.7. The average Bonchev–Trinajstić information content (AvgIpc) is 3.36. The Hall–Kier alpha value is -3.82. The van der Waals surface area contributed by atoms with Gasteiger partial charge in [0.1, 0.15) is 0 Å². The number of hydrogen-bond acceptors (Lipinski definition) is 4. The summed E-state index contributed by atoms with van der Waals surface area (Å²) in [6.07, 6.45) is 6.70. The maximum absolute atomic E-state index is 11.7. The first-order valence-electron chi connectivity index (χ1n) is 9.09. The molecule has 2 aromatic heterocycles. The molecule has 0 spiro atoms. The number of rotatable bonds is 4. The number of carboxylic acid groups (broad SMARTS) is 2. The van der Waals surface area contributed by atoms with E-state index in [0.29, 0.717) is 17.9 Å². The molecule has 0 saturated carbocycles. The molecule has 0 saturated heterocycles. The molecule has 10 heteroatoms. The number of benzene rings is 1. The van der Waals surface area contributed by atoms with Crippen molar-refractivity contribution in [2.75, 3.05) is 16.3 Å². The highest BCUT2D eigenvalue weighted by Gasteiger charge is 2.35. The highest BCUT2D eigenvalue weighted by atomic mass is 16.4. The van der Waals surface area contributed by atoms with Crippen LogP contribution in [0, 0.1) is 0 Å². The van der Waals surface area contributed by atoms with Gasteiger partial charge in [-0.2, -0.15) is 5.10 Å². The number of carbonyl (C=O) groups is 2. The maximum Gasteiger partial charge on any atom is 0.412 e. The Labute approximate surface area is 166 Å². The van der Waals surface area contributed by atoms with Crippen LogP contribution in [-0.4, -0.2) is 54.3 Å². The molecule has 2 amide bonds. The van der Waals surface area contributed by atoms with Crippen LogP contribution in [0.1, 0.15) is 6.92 Å². The number of aryl methyl sites for hydroxylation is 2. The Morgan fingerprint density at radius 3 is 2.66 bits per heavy atom. The van der Waals surface area contributed by atoms with E-state index >= 15 is 0 Å². The zero-order valence-electron chi connectivity index (χ0n) is 15.7. The summed E-state index contributed by atoms with van der Waals surface area (Å²) < 4.78 is 3.75. The van der Waals surface area contributed by atoms with E-state index in [1.165, 1.54) is 9.80 Å². The molecule has 0 fully saturated rings. The number of anilines is 2. The Bertz CT molecular complexity index is 1040. The number of aromatic nitrogens is 4. The largest absolute Gasteiger partial charge is 0.465 e. The average molecular weight is 396 g/mol. The lowest BCUT2D eigenvalue weighted by molar-refractivity contribution is 0.194. The zero-order valence-corrected chi connectivity index (χ0v) is 15.7. The summed E-state index contributed by atoms with van der Waals surface area (Å²) in [5.41, 5.74) is 2.30. The van der Waals surface area contributed by atoms with Gasteiger partial charge in [-0.1, -0.05) is 6.07 Å². The second-order valence-corrected chi connectivity index (χ2v) is 6.89. The summed E-state index contributed by atoms with van der Waals surface area (Å²) in [4.78, 5) is 29.8. The summed E-state index contributed by atoms with van der Waals surface area (Å²) in [5, 5.41) is 23.5. The molecule has 1 aromatic carbocycles. The van der Waals surface area contributed by atoms with Gasteiger partial charge in [0.25, 0.3) is 0 Å². The SMILES string of the molecule is C[C@H]1CN(C(=O)O)c2cc(-c3cnn(CCn4ccnc4)c3)ccc2N1C(=O)O. The van der Waals surface area contributed by atoms with Crippen LogP contribution in [-0.2, 0) is 13.1 Å². The molecule has 0 aliphatic carbocycles. The van der Waals surface area contributed by atoms with Gasteiger partial charge in [0.15, 0.2) is 0 Å². The third-order valence-electron chi connectivity index (χ3n) is 4.96. The fraction of sp³-hybridized carbons (Fsp3) is 0.263. The van der Waals surface area contributed by atoms with Crippen molar-refractivity contribution in [2.45, 2.75) is 26.1 Å². The van der Waals surface area contributed by atoms with Crippen LogP contribution < -0.4 is 9.80 Å². The second kappa shape index (κ2) is 7.30. The molecular formula is C19H20N6O4. The van der Waals surface area contributed by atoms with E-state index in [1.807, 2.05) is 17.0 Å². The standard InChI is InChI=1S/C19H20N6O4/c1-13-10-24(18(26)27)17-8-14(2-3-16(17)25(13)19(28)29)15-9-21-23(11-15)7-6-22-5-4-20-12-22/h2-5,8-9,11-13H,6-7,10H2,1H3,(H,26,27)(H,28,29)/t13-/m0/s1. The number of amides is 2. The van der Waals surface area contributed by atoms with Crippen molar-refractivity contribution in [1.29, 1.82) is 0 Å². The van der Waals surface area contributed by atoms with Gasteiger partial charge in [-0.15, -0.1) is 0 Å². The Balaban J connectivity index is 1.64. The lowest BCUT2D eigenvalue weighted by Crippen LogP contribution is -2.51. The van der Waals surface area contributed by atoms with Gasteiger partial charge in [0.05, 0.1) is 43.0 Å². The van der Waals surface area contributed by atoms with Crippen molar-refractivity contribution in [1.82, 2.24) is 19.3 Å². The first kappa shape index (κ1) is 18.5. The molecule has 29 heavy (non-hydrogen) atoms. The lowest BCUT2D eigenvalue weighted by atomic mass is 10.0. The fourth-order valence-corrected chi connectivity index (χ4v) is 3.55. The van der Waals surface area contributed by atoms with E-state index in [-0.39, 0.29) is 6.54 Å². The molecule has 0 unspecified atom stereocenters. The van der Waals surface area contributed by atoms with Crippen LogP contribution in [0.25, 0.3) is 11.1 Å². The van der Waals surface area contributed by atoms with Gasteiger partial charge in [-0.25, -0.2) is 14.6 Å². The Kier molecular flexibility index (Phi) is 4.67. The minimum Gasteiger partial charge on any atom is -0.465 e. The van der Waals surface area contributed by atoms with Crippen LogP contribution in [0.3, 0.4) is 0 Å². The minimum atomic E-state index is -1.11. The highest BCUT2D eigenvalue weighted by Crippen LogP contribution is 2.38. The fourth-order valence-electron chi connectivity index (χ4n) is 3.55. The van der Waals surface area contributed by atoms with Crippen LogP contribution >= 0.6 is 0 Å². The van der Waals surface area contributed by atoms with Crippen molar-refractivity contribution in [3.05, 3.63) is 49.3 Å². The Morgan fingerprint density at radius 2 is 1.97 bits per heavy atom. The smallest absolute Gasteiger partial charge is 0.412 e. The molecule has 0 bridgehead atoms. The van der Waals surface area contributed by atoms with E-state index in [1.54, 1.807) is 48.5 Å². The number of imidazole rings is 1. The molecule has 3 heterocycles. The minimum absolute atomic E-state index is 0.0717. The van der Waals surface area contributed by atoms with Gasteiger partial charge in [-0.3, -0.25) is 14.5 Å². The van der Waals surface area contributed by atoms with E-state index in [0.717, 1.165) is 17.7 Å². The molecule has 2 N–H and O–H groups in total. The topological polar surface area (TPSA) is 117 Å². The quantitative estimate of drug-likeness (QED) is 0.700. The first-order chi connectivity index (χ1) is 13.9. The lowest BCUT2D eigenvalue weighted by Gasteiger charge is -2.38. The zero-order chi connectivity index (χ0) is 20.5. The van der Waals surface area contributed by atoms with Crippen molar-refractivity contribution in [2.24, 2.45) is 0 Å². The summed E-state index contributed by atoms with van der Waals surface area (Å²) in [6.45, 7) is 3.14. The molecule has 1 aliphatic heterocycles. The summed E-state index contributed by atoms with van der Waals surface area (Å²) >= 11 is 0. The van der Waals surface area contributed by atoms with Gasteiger partial charge in [0, 0.05) is 30.7 Å². The van der Waals surface area contributed by atoms with E-state index in [9.17, 15) is 19.8 Å². The number of hydrogen-bond donors (Lipinski definition) is 2. The molecular weight excluding hydrogens is 376 g/mol. The molecule has 1 aliphatic rings. The van der Waals surface area contributed by atoms with Crippen LogP contribution in [0.2, 0.25) is 0 Å². The van der Waals surface area contributed by atoms with Crippen LogP contribution in [0.15, 0.2) is 49.3 Å². The highest BCUT2D eigenvalue weighted by molar-refractivity contribution is 6.00. The van der Waals surface area contributed by atoms with E-state index < -0.39 is 18.2 Å². The van der Waals surface area contributed by atoms with Crippen LogP contribution in [0.4, 0.5) is 21.0 Å². The van der Waals surface area contributed by atoms with Gasteiger partial charge < -0.3 is 14.8 Å². The van der Waals surface area contributed by atoms with Gasteiger partial charge >= 0.3 is 12.2 Å². The first-order valence-corrected chi connectivity index (χ1v) is 9.09. The van der Waals surface area contributed by atoms with E-state index in [2.05, 4.69) is 10.1 Å². The molecule has 0 radical (unpaired) electrons. The molecule has 10 nitrogen and oxygen atoms in total. The van der Waals surface area contributed by atoms with Crippen molar-refractivity contribution < 1.29 is 19.8 Å². The number of fused-ring (bicyclic) bond motifs is 1. The summed E-state index contributed by atoms with van der Waals surface area (Å²) in [6, 6.07) is 4.65. The molecule has 4 rings (SSSR count). The van der Waals surface area contributed by atoms with Gasteiger partial charge in [-0.05, 0) is 24.6 Å². The Morgan fingerprint density at radius 1 is 1.14 bits per heavy atom. The predicted molar refractivity (Wildman–Crippen MR) is 105 cm³/mol. The molecule has 3 aromatic rings. The normalized spacial score (nSPS) is 16.0. The van der Waals surface area contributed by atoms with E-state index in [4.69, 9.17) is 0 Å². The summed E-state index contributed by atoms with van der Waals surface area (Å²) in [7, 11) is 0. The molecule has 1 atom stereocenters. The van der Waals surface area contributed by atoms with Crippen molar-refractivity contribution >= 4 is 23.6 Å². The summed E-state index contributed by atoms with van der Waals surface area (Å²) in [5.74, 6) is 0. The predicted octanol–water partition coefficient (Wildman–Crippen LogP) is 2.82. The monoisotopic (exact) mass is 396 g/mol. The second-order valence-electron chi connectivity index (χ2n) is 6.89. The molecule has 150 valence electrons. The van der Waals surface area contributed by atoms with Crippen molar-refractivity contribution in [3.63, 3.8) is 0 Å².